The minimum Gasteiger partial charge on any atom is -0.339 e. The fourth-order valence-electron chi connectivity index (χ4n) is 3.44. The third kappa shape index (κ3) is 4.19. The lowest BCUT2D eigenvalue weighted by atomic mass is 10.1. The van der Waals surface area contributed by atoms with Crippen molar-refractivity contribution in [3.8, 4) is 0 Å². The molecule has 0 spiro atoms. The van der Waals surface area contributed by atoms with Gasteiger partial charge in [0.1, 0.15) is 0 Å². The predicted octanol–water partition coefficient (Wildman–Crippen LogP) is 6.49. The molecule has 0 aliphatic heterocycles. The Morgan fingerprint density at radius 3 is 2.40 bits per heavy atom. The molecular formula is C26H20BrNO2. The average Bonchev–Trinajstić information content (AvgIpc) is 3.10. The van der Waals surface area contributed by atoms with Crippen LogP contribution < -0.4 is 0 Å². The zero-order chi connectivity index (χ0) is 21.1. The van der Waals surface area contributed by atoms with E-state index in [1.165, 1.54) is 0 Å². The van der Waals surface area contributed by atoms with Gasteiger partial charge in [0.2, 0.25) is 0 Å². The van der Waals surface area contributed by atoms with Gasteiger partial charge in [0.15, 0.2) is 11.6 Å². The van der Waals surface area contributed by atoms with Crippen LogP contribution in [0.4, 0.5) is 0 Å². The summed E-state index contributed by atoms with van der Waals surface area (Å²) in [7, 11) is 0. The SMILES string of the molecule is Cc1ccc(C(=O)Cn2cc(/C=C/C(=O)c3ccccc3Br)c3ccccc32)cc1. The van der Waals surface area contributed by atoms with E-state index in [1.807, 2.05) is 90.5 Å². The smallest absolute Gasteiger partial charge is 0.186 e. The maximum atomic E-state index is 12.8. The topological polar surface area (TPSA) is 39.1 Å². The fraction of sp³-hybridized carbons (Fsp3) is 0.0769. The first kappa shape index (κ1) is 20.0. The normalized spacial score (nSPS) is 11.3. The Labute approximate surface area is 183 Å². The molecule has 0 saturated carbocycles. The van der Waals surface area contributed by atoms with Crippen molar-refractivity contribution in [2.45, 2.75) is 13.5 Å². The van der Waals surface area contributed by atoms with E-state index in [4.69, 9.17) is 0 Å². The highest BCUT2D eigenvalue weighted by Crippen LogP contribution is 2.24. The molecule has 4 heteroatoms. The summed E-state index contributed by atoms with van der Waals surface area (Å²) < 4.78 is 2.71. The van der Waals surface area contributed by atoms with Crippen LogP contribution in [0.25, 0.3) is 17.0 Å². The first-order valence-electron chi connectivity index (χ1n) is 9.67. The van der Waals surface area contributed by atoms with Crippen molar-refractivity contribution < 1.29 is 9.59 Å². The van der Waals surface area contributed by atoms with Gasteiger partial charge in [-0.05, 0) is 37.3 Å². The van der Waals surface area contributed by atoms with Crippen LogP contribution in [-0.4, -0.2) is 16.1 Å². The Morgan fingerprint density at radius 1 is 0.933 bits per heavy atom. The van der Waals surface area contributed by atoms with E-state index in [0.717, 1.165) is 26.5 Å². The highest BCUT2D eigenvalue weighted by atomic mass is 79.9. The molecule has 0 N–H and O–H groups in total. The summed E-state index contributed by atoms with van der Waals surface area (Å²) in [6, 6.07) is 22.9. The Bertz CT molecular complexity index is 1270. The number of para-hydroxylation sites is 1. The highest BCUT2D eigenvalue weighted by molar-refractivity contribution is 9.10. The number of Topliss-reactive ketones (excluding diaryl/α,β-unsaturated/α-hetero) is 1. The van der Waals surface area contributed by atoms with Gasteiger partial charge in [0.05, 0.1) is 6.54 Å². The second kappa shape index (κ2) is 8.64. The third-order valence-electron chi connectivity index (χ3n) is 5.06. The zero-order valence-corrected chi connectivity index (χ0v) is 18.1. The Hall–Kier alpha value is -3.24. The lowest BCUT2D eigenvalue weighted by molar-refractivity contribution is 0.0972. The van der Waals surface area contributed by atoms with Crippen LogP contribution in [0.2, 0.25) is 0 Å². The van der Waals surface area contributed by atoms with Crippen molar-refractivity contribution in [3.63, 3.8) is 0 Å². The molecule has 1 aromatic heterocycles. The number of aryl methyl sites for hydroxylation is 1. The number of ketones is 2. The number of benzene rings is 3. The number of fused-ring (bicyclic) bond motifs is 1. The molecule has 0 amide bonds. The van der Waals surface area contributed by atoms with Gasteiger partial charge in [-0.15, -0.1) is 0 Å². The second-order valence-corrected chi connectivity index (χ2v) is 8.05. The van der Waals surface area contributed by atoms with Crippen molar-refractivity contribution in [1.82, 2.24) is 4.57 Å². The molecule has 4 aromatic rings. The van der Waals surface area contributed by atoms with Gasteiger partial charge in [-0.1, -0.05) is 76.1 Å². The lowest BCUT2D eigenvalue weighted by Crippen LogP contribution is -2.09. The predicted molar refractivity (Wildman–Crippen MR) is 125 cm³/mol. The molecule has 0 saturated heterocycles. The van der Waals surface area contributed by atoms with Crippen molar-refractivity contribution in [2.75, 3.05) is 0 Å². The molecule has 3 aromatic carbocycles. The molecule has 3 nitrogen and oxygen atoms in total. The fourth-order valence-corrected chi connectivity index (χ4v) is 3.92. The van der Waals surface area contributed by atoms with Crippen LogP contribution >= 0.6 is 15.9 Å². The highest BCUT2D eigenvalue weighted by Gasteiger charge is 2.12. The molecule has 0 unspecified atom stereocenters. The molecule has 0 aliphatic carbocycles. The Kier molecular flexibility index (Phi) is 5.77. The van der Waals surface area contributed by atoms with E-state index in [2.05, 4.69) is 15.9 Å². The van der Waals surface area contributed by atoms with Crippen LogP contribution in [0.3, 0.4) is 0 Å². The lowest BCUT2D eigenvalue weighted by Gasteiger charge is -2.05. The maximum absolute atomic E-state index is 12.8. The first-order valence-corrected chi connectivity index (χ1v) is 10.5. The summed E-state index contributed by atoms with van der Waals surface area (Å²) in [4.78, 5) is 25.4. The van der Waals surface area contributed by atoms with Gasteiger partial charge in [-0.3, -0.25) is 9.59 Å². The number of nitrogens with zero attached hydrogens (tertiary/aromatic N) is 1. The minimum atomic E-state index is -0.0740. The molecule has 0 aliphatic rings. The molecule has 0 radical (unpaired) electrons. The zero-order valence-electron chi connectivity index (χ0n) is 16.5. The molecule has 0 atom stereocenters. The summed E-state index contributed by atoms with van der Waals surface area (Å²) in [6.45, 7) is 2.25. The summed E-state index contributed by atoms with van der Waals surface area (Å²) in [6.07, 6.45) is 5.32. The number of carbonyl (C=O) groups is 2. The molecule has 0 bridgehead atoms. The van der Waals surface area contributed by atoms with Crippen molar-refractivity contribution in [2.24, 2.45) is 0 Å². The van der Waals surface area contributed by atoms with E-state index in [9.17, 15) is 9.59 Å². The summed E-state index contributed by atoms with van der Waals surface area (Å²) >= 11 is 3.42. The molecule has 0 fully saturated rings. The van der Waals surface area contributed by atoms with E-state index in [0.29, 0.717) is 11.1 Å². The van der Waals surface area contributed by atoms with Crippen LogP contribution in [0, 0.1) is 6.92 Å². The van der Waals surface area contributed by atoms with Crippen molar-refractivity contribution >= 4 is 44.5 Å². The monoisotopic (exact) mass is 457 g/mol. The molecular weight excluding hydrogens is 438 g/mol. The van der Waals surface area contributed by atoms with Gasteiger partial charge in [0.25, 0.3) is 0 Å². The summed E-state index contributed by atoms with van der Waals surface area (Å²) in [5, 5.41) is 1.00. The van der Waals surface area contributed by atoms with Crippen LogP contribution in [0.5, 0.6) is 0 Å². The van der Waals surface area contributed by atoms with Crippen LogP contribution in [-0.2, 0) is 6.54 Å². The minimum absolute atomic E-state index is 0.0515. The largest absolute Gasteiger partial charge is 0.339 e. The molecule has 1 heterocycles. The van der Waals surface area contributed by atoms with E-state index in [1.54, 1.807) is 12.1 Å². The summed E-state index contributed by atoms with van der Waals surface area (Å²) in [5.74, 6) is -0.0226. The van der Waals surface area contributed by atoms with Crippen LogP contribution in [0.1, 0.15) is 31.8 Å². The molecule has 148 valence electrons. The van der Waals surface area contributed by atoms with Crippen LogP contribution in [0.15, 0.2) is 89.5 Å². The van der Waals surface area contributed by atoms with Gasteiger partial charge in [-0.2, -0.15) is 0 Å². The number of aromatic nitrogens is 1. The van der Waals surface area contributed by atoms with E-state index >= 15 is 0 Å². The van der Waals surface area contributed by atoms with E-state index < -0.39 is 0 Å². The van der Waals surface area contributed by atoms with Crippen molar-refractivity contribution in [1.29, 1.82) is 0 Å². The number of halogens is 1. The quantitative estimate of drug-likeness (QED) is 0.245. The first-order chi connectivity index (χ1) is 14.5. The number of rotatable bonds is 6. The number of hydrogen-bond acceptors (Lipinski definition) is 2. The number of allylic oxidation sites excluding steroid dienone is 1. The number of hydrogen-bond donors (Lipinski definition) is 0. The van der Waals surface area contributed by atoms with Gasteiger partial charge >= 0.3 is 0 Å². The summed E-state index contributed by atoms with van der Waals surface area (Å²) in [5.41, 5.74) is 4.31. The molecule has 4 rings (SSSR count). The standard InChI is InChI=1S/C26H20BrNO2/c1-18-10-12-19(13-11-18)26(30)17-28-16-20(21-6-3-5-9-24(21)28)14-15-25(29)22-7-2-4-8-23(22)27/h2-16H,17H2,1H3/b15-14+. The van der Waals surface area contributed by atoms with Gasteiger partial charge in [-0.25, -0.2) is 0 Å². The molecule has 30 heavy (non-hydrogen) atoms. The Balaban J connectivity index is 1.64. The van der Waals surface area contributed by atoms with Crippen molar-refractivity contribution in [3.05, 3.63) is 112 Å². The Morgan fingerprint density at radius 2 is 1.63 bits per heavy atom. The maximum Gasteiger partial charge on any atom is 0.186 e. The van der Waals surface area contributed by atoms with Gasteiger partial charge < -0.3 is 4.57 Å². The van der Waals surface area contributed by atoms with Gasteiger partial charge in [0, 0.05) is 38.3 Å². The third-order valence-corrected chi connectivity index (χ3v) is 5.75. The van der Waals surface area contributed by atoms with E-state index in [-0.39, 0.29) is 18.1 Å². The second-order valence-electron chi connectivity index (χ2n) is 7.20. The number of carbonyl (C=O) groups excluding carboxylic acids is 2. The average molecular weight is 458 g/mol.